The lowest BCUT2D eigenvalue weighted by molar-refractivity contribution is 0.461. The average Bonchev–Trinajstić information content (AvgIpc) is 2.81. The maximum absolute atomic E-state index is 13.5. The average molecular weight is 536 g/mol. The topological polar surface area (TPSA) is 107 Å². The first-order valence-electron chi connectivity index (χ1n) is 9.53. The van der Waals surface area contributed by atoms with Crippen molar-refractivity contribution in [2.24, 2.45) is 0 Å². The van der Waals surface area contributed by atoms with Gasteiger partial charge in [-0.3, -0.25) is 4.98 Å². The molecule has 0 amide bonds. The predicted molar refractivity (Wildman–Crippen MR) is 128 cm³/mol. The summed E-state index contributed by atoms with van der Waals surface area (Å²) in [5.41, 5.74) is -0.219. The number of anilines is 1. The Morgan fingerprint density at radius 3 is 1.71 bits per heavy atom. The van der Waals surface area contributed by atoms with Gasteiger partial charge in [0.2, 0.25) is 5.88 Å². The lowest BCUT2D eigenvalue weighted by atomic mass is 10.4. The zero-order valence-corrected chi connectivity index (χ0v) is 20.3. The number of benzene rings is 2. The standard InChI is InChI=1S/C22H15Cl2N3O5S2/c23-16-3-8-20(9-4-16)33(28,29)27(34(30,31)21-10-5-17(24)6-11-21)18-7-12-22(26-14-18)32-19-2-1-13-25-15-19/h1-15H. The minimum Gasteiger partial charge on any atom is -0.437 e. The van der Waals surface area contributed by atoms with Crippen LogP contribution in [0.1, 0.15) is 0 Å². The van der Waals surface area contributed by atoms with Crippen molar-refractivity contribution in [3.8, 4) is 11.6 Å². The van der Waals surface area contributed by atoms with Gasteiger partial charge in [0.05, 0.1) is 27.9 Å². The molecule has 8 nitrogen and oxygen atoms in total. The molecule has 0 spiro atoms. The van der Waals surface area contributed by atoms with Gasteiger partial charge < -0.3 is 4.74 Å². The van der Waals surface area contributed by atoms with E-state index in [4.69, 9.17) is 27.9 Å². The molecule has 0 aliphatic rings. The third-order valence-corrected chi connectivity index (χ3v) is 9.16. The van der Waals surface area contributed by atoms with Gasteiger partial charge in [-0.05, 0) is 66.7 Å². The van der Waals surface area contributed by atoms with Gasteiger partial charge >= 0.3 is 0 Å². The number of pyridine rings is 2. The molecule has 12 heteroatoms. The predicted octanol–water partition coefficient (Wildman–Crippen LogP) is 5.16. The van der Waals surface area contributed by atoms with Crippen molar-refractivity contribution in [1.82, 2.24) is 9.97 Å². The van der Waals surface area contributed by atoms with E-state index in [1.807, 2.05) is 0 Å². The summed E-state index contributed by atoms with van der Waals surface area (Å²) >= 11 is 11.8. The molecule has 4 aromatic rings. The number of sulfonamides is 2. The number of aromatic nitrogens is 2. The molecule has 0 N–H and O–H groups in total. The van der Waals surface area contributed by atoms with E-state index in [1.54, 1.807) is 18.3 Å². The van der Waals surface area contributed by atoms with E-state index >= 15 is 0 Å². The molecule has 0 unspecified atom stereocenters. The molecule has 174 valence electrons. The number of nitrogens with zero attached hydrogens (tertiary/aromatic N) is 3. The number of halogens is 2. The minimum absolute atomic E-state index is 0.115. The Kier molecular flexibility index (Phi) is 6.76. The fraction of sp³-hybridized carbons (Fsp3) is 0. The SMILES string of the molecule is O=S(=O)(c1ccc(Cl)cc1)N(c1ccc(Oc2cccnc2)nc1)S(=O)(=O)c1ccc(Cl)cc1. The van der Waals surface area contributed by atoms with Crippen LogP contribution in [-0.4, -0.2) is 26.8 Å². The van der Waals surface area contributed by atoms with Crippen LogP contribution in [0.4, 0.5) is 5.69 Å². The summed E-state index contributed by atoms with van der Waals surface area (Å²) in [6.45, 7) is 0. The molecule has 2 aromatic heterocycles. The largest absolute Gasteiger partial charge is 0.437 e. The summed E-state index contributed by atoms with van der Waals surface area (Å²) in [5, 5.41) is 0.592. The van der Waals surface area contributed by atoms with E-state index in [1.165, 1.54) is 66.9 Å². The molecular formula is C22H15Cl2N3O5S2. The van der Waals surface area contributed by atoms with Gasteiger partial charge in [0.1, 0.15) is 5.75 Å². The van der Waals surface area contributed by atoms with Gasteiger partial charge in [0, 0.05) is 22.3 Å². The molecule has 0 fully saturated rings. The Morgan fingerprint density at radius 1 is 0.706 bits per heavy atom. The smallest absolute Gasteiger partial charge is 0.277 e. The van der Waals surface area contributed by atoms with Gasteiger partial charge in [-0.15, -0.1) is 0 Å². The third-order valence-electron chi connectivity index (χ3n) is 4.45. The number of ether oxygens (including phenoxy) is 1. The molecule has 2 aromatic carbocycles. The maximum atomic E-state index is 13.5. The van der Waals surface area contributed by atoms with E-state index in [-0.39, 0.29) is 21.4 Å². The molecule has 0 aliphatic carbocycles. The molecule has 0 saturated heterocycles. The molecular weight excluding hydrogens is 521 g/mol. The first-order valence-corrected chi connectivity index (χ1v) is 13.2. The highest BCUT2D eigenvalue weighted by atomic mass is 35.5. The number of hydrogen-bond donors (Lipinski definition) is 0. The third kappa shape index (κ3) is 5.00. The molecule has 2 heterocycles. The Hall–Kier alpha value is -3.18. The summed E-state index contributed by atoms with van der Waals surface area (Å²) in [7, 11) is -9.19. The highest BCUT2D eigenvalue weighted by Gasteiger charge is 2.37. The summed E-state index contributed by atoms with van der Waals surface area (Å²) in [4.78, 5) is 7.46. The molecule has 0 saturated carbocycles. The Bertz CT molecular complexity index is 1420. The number of rotatable bonds is 7. The second-order valence-corrected chi connectivity index (χ2v) is 11.4. The van der Waals surface area contributed by atoms with Crippen molar-refractivity contribution < 1.29 is 21.6 Å². The summed E-state index contributed by atoms with van der Waals surface area (Å²) in [6, 6.07) is 16.2. The van der Waals surface area contributed by atoms with Crippen molar-refractivity contribution in [2.75, 3.05) is 3.71 Å². The van der Waals surface area contributed by atoms with E-state index in [2.05, 4.69) is 9.97 Å². The van der Waals surface area contributed by atoms with Crippen LogP contribution in [0.2, 0.25) is 10.0 Å². The van der Waals surface area contributed by atoms with Gasteiger partial charge in [-0.25, -0.2) is 21.8 Å². The number of hydrogen-bond acceptors (Lipinski definition) is 7. The highest BCUT2D eigenvalue weighted by Crippen LogP contribution is 2.32. The van der Waals surface area contributed by atoms with E-state index < -0.39 is 20.0 Å². The van der Waals surface area contributed by atoms with Gasteiger partial charge in [-0.1, -0.05) is 23.2 Å². The first kappa shape index (κ1) is 24.0. The second kappa shape index (κ2) is 9.59. The van der Waals surface area contributed by atoms with Crippen molar-refractivity contribution >= 4 is 48.9 Å². The lowest BCUT2D eigenvalue weighted by Crippen LogP contribution is -2.37. The van der Waals surface area contributed by atoms with Crippen LogP contribution in [0.5, 0.6) is 11.6 Å². The molecule has 4 rings (SSSR count). The monoisotopic (exact) mass is 535 g/mol. The zero-order chi connectivity index (χ0) is 24.3. The van der Waals surface area contributed by atoms with Crippen LogP contribution in [0.25, 0.3) is 0 Å². The van der Waals surface area contributed by atoms with Crippen LogP contribution in [-0.2, 0) is 20.0 Å². The van der Waals surface area contributed by atoms with Crippen molar-refractivity contribution in [1.29, 1.82) is 0 Å². The minimum atomic E-state index is -4.60. The molecule has 0 atom stereocenters. The normalized spacial score (nSPS) is 11.7. The molecule has 0 bridgehead atoms. The quantitative estimate of drug-likeness (QED) is 0.321. The summed E-state index contributed by atoms with van der Waals surface area (Å²) in [6.07, 6.45) is 4.13. The summed E-state index contributed by atoms with van der Waals surface area (Å²) in [5.74, 6) is 0.520. The van der Waals surface area contributed by atoms with Crippen LogP contribution in [0.3, 0.4) is 0 Å². The van der Waals surface area contributed by atoms with Crippen molar-refractivity contribution in [3.63, 3.8) is 0 Å². The fourth-order valence-corrected chi connectivity index (χ4v) is 6.80. The first-order chi connectivity index (χ1) is 16.2. The van der Waals surface area contributed by atoms with Crippen LogP contribution in [0.15, 0.2) is 101 Å². The summed E-state index contributed by atoms with van der Waals surface area (Å²) < 4.78 is 59.9. The fourth-order valence-electron chi connectivity index (χ4n) is 2.88. The lowest BCUT2D eigenvalue weighted by Gasteiger charge is -2.24. The zero-order valence-electron chi connectivity index (χ0n) is 17.1. The van der Waals surface area contributed by atoms with Gasteiger partial charge in [0.15, 0.2) is 0 Å². The maximum Gasteiger partial charge on any atom is 0.277 e. The van der Waals surface area contributed by atoms with E-state index in [9.17, 15) is 16.8 Å². The molecule has 34 heavy (non-hydrogen) atoms. The molecule has 0 radical (unpaired) electrons. The van der Waals surface area contributed by atoms with E-state index in [0.717, 1.165) is 6.20 Å². The second-order valence-electron chi connectivity index (χ2n) is 6.76. The Morgan fingerprint density at radius 2 is 1.26 bits per heavy atom. The highest BCUT2D eigenvalue weighted by molar-refractivity contribution is 8.10. The van der Waals surface area contributed by atoms with E-state index in [0.29, 0.717) is 19.5 Å². The molecule has 0 aliphatic heterocycles. The van der Waals surface area contributed by atoms with Crippen LogP contribution in [0, 0.1) is 0 Å². The van der Waals surface area contributed by atoms with Crippen molar-refractivity contribution in [2.45, 2.75) is 9.79 Å². The van der Waals surface area contributed by atoms with Gasteiger partial charge in [0.25, 0.3) is 20.0 Å². The van der Waals surface area contributed by atoms with Crippen LogP contribution < -0.4 is 8.45 Å². The Labute approximate surface area is 206 Å². The van der Waals surface area contributed by atoms with Crippen LogP contribution >= 0.6 is 23.2 Å². The Balaban J connectivity index is 1.81. The van der Waals surface area contributed by atoms with Crippen molar-refractivity contribution in [3.05, 3.63) is 101 Å². The van der Waals surface area contributed by atoms with Gasteiger partial charge in [-0.2, -0.15) is 3.71 Å².